The van der Waals surface area contributed by atoms with Crippen LogP contribution in [0.25, 0.3) is 22.2 Å². The number of anilines is 1. The number of pyridine rings is 1. The van der Waals surface area contributed by atoms with E-state index in [1.54, 1.807) is 50.8 Å². The average molecular weight is 493 g/mol. The number of aryl methyl sites for hydroxylation is 1. The fourth-order valence-electron chi connectivity index (χ4n) is 3.68. The van der Waals surface area contributed by atoms with E-state index in [0.29, 0.717) is 27.7 Å². The van der Waals surface area contributed by atoms with Gasteiger partial charge in [-0.3, -0.25) is 9.48 Å². The molecule has 4 rings (SSSR count). The van der Waals surface area contributed by atoms with E-state index in [9.17, 15) is 14.4 Å². The minimum Gasteiger partial charge on any atom is -0.462 e. The van der Waals surface area contributed by atoms with E-state index in [2.05, 4.69) is 15.4 Å². The third-order valence-electron chi connectivity index (χ3n) is 5.28. The van der Waals surface area contributed by atoms with Gasteiger partial charge in [-0.15, -0.1) is 11.3 Å². The number of nitrogens with one attached hydrogen (secondary N) is 1. The summed E-state index contributed by atoms with van der Waals surface area (Å²) >= 11 is 0.984. The van der Waals surface area contributed by atoms with E-state index in [1.807, 2.05) is 24.4 Å². The minimum atomic E-state index is -0.622. The Hall–Kier alpha value is -4.05. The number of carbonyl (C=O) groups excluding carboxylic acids is 3. The maximum atomic E-state index is 13.5. The van der Waals surface area contributed by atoms with Crippen LogP contribution in [0.15, 0.2) is 42.7 Å². The summed E-state index contributed by atoms with van der Waals surface area (Å²) in [7, 11) is 1.80. The van der Waals surface area contributed by atoms with Gasteiger partial charge in [0.25, 0.3) is 5.91 Å². The number of fused-ring (bicyclic) bond motifs is 1. The zero-order chi connectivity index (χ0) is 25.1. The van der Waals surface area contributed by atoms with E-state index >= 15 is 0 Å². The summed E-state index contributed by atoms with van der Waals surface area (Å²) in [5.74, 6) is -1.63. The molecule has 0 radical (unpaired) electrons. The molecule has 3 heterocycles. The number of hydrogen-bond donors (Lipinski definition) is 1. The Balaban J connectivity index is 1.79. The maximum Gasteiger partial charge on any atom is 0.348 e. The third-order valence-corrected chi connectivity index (χ3v) is 6.46. The Kier molecular flexibility index (Phi) is 6.92. The molecule has 0 spiro atoms. The number of aromatic nitrogens is 3. The number of amides is 1. The summed E-state index contributed by atoms with van der Waals surface area (Å²) in [6, 6.07) is 8.98. The topological polar surface area (TPSA) is 112 Å². The quantitative estimate of drug-likeness (QED) is 0.375. The molecule has 10 heteroatoms. The number of esters is 2. The Morgan fingerprint density at radius 2 is 1.80 bits per heavy atom. The lowest BCUT2D eigenvalue weighted by Crippen LogP contribution is -2.15. The Bertz CT molecular complexity index is 1440. The molecule has 0 aliphatic carbocycles. The lowest BCUT2D eigenvalue weighted by Gasteiger charge is -2.10. The van der Waals surface area contributed by atoms with Gasteiger partial charge in [0, 0.05) is 24.2 Å². The van der Waals surface area contributed by atoms with Gasteiger partial charge in [-0.25, -0.2) is 14.6 Å². The molecule has 0 saturated carbocycles. The molecule has 0 atom stereocenters. The molecule has 180 valence electrons. The van der Waals surface area contributed by atoms with E-state index in [1.165, 1.54) is 0 Å². The number of carbonyl (C=O) groups is 3. The molecular weight excluding hydrogens is 468 g/mol. The Morgan fingerprint density at radius 1 is 1.09 bits per heavy atom. The van der Waals surface area contributed by atoms with Crippen LogP contribution >= 0.6 is 11.3 Å². The smallest absolute Gasteiger partial charge is 0.348 e. The van der Waals surface area contributed by atoms with Crippen LogP contribution in [0.4, 0.5) is 5.00 Å². The van der Waals surface area contributed by atoms with Crippen molar-refractivity contribution in [3.05, 3.63) is 64.3 Å². The van der Waals surface area contributed by atoms with Gasteiger partial charge in [0.05, 0.1) is 41.7 Å². The van der Waals surface area contributed by atoms with Crippen LogP contribution in [0.3, 0.4) is 0 Å². The van der Waals surface area contributed by atoms with Crippen LogP contribution in [0, 0.1) is 6.92 Å². The molecule has 35 heavy (non-hydrogen) atoms. The SMILES string of the molecule is CCOC(=O)c1sc(NC(=O)c2cc(-c3cnn(C)c3)nc3ccccc23)c(C(=O)OCC)c1C. The second kappa shape index (κ2) is 10.1. The summed E-state index contributed by atoms with van der Waals surface area (Å²) in [5.41, 5.74) is 2.89. The number of rotatable bonds is 7. The molecule has 0 aliphatic rings. The van der Waals surface area contributed by atoms with Gasteiger partial charge in [-0.05, 0) is 38.5 Å². The minimum absolute atomic E-state index is 0.138. The van der Waals surface area contributed by atoms with Crippen molar-refractivity contribution in [2.24, 2.45) is 7.05 Å². The normalized spacial score (nSPS) is 10.9. The summed E-state index contributed by atoms with van der Waals surface area (Å²) < 4.78 is 12.0. The van der Waals surface area contributed by atoms with Crippen LogP contribution in [0.1, 0.15) is 49.8 Å². The molecule has 0 aliphatic heterocycles. The largest absolute Gasteiger partial charge is 0.462 e. The molecule has 3 aromatic heterocycles. The average Bonchev–Trinajstić information content (AvgIpc) is 3.41. The van der Waals surface area contributed by atoms with Crippen molar-refractivity contribution < 1.29 is 23.9 Å². The monoisotopic (exact) mass is 492 g/mol. The zero-order valence-corrected chi connectivity index (χ0v) is 20.6. The van der Waals surface area contributed by atoms with Crippen molar-refractivity contribution in [3.8, 4) is 11.3 Å². The summed E-state index contributed by atoms with van der Waals surface area (Å²) in [6.45, 7) is 5.36. The summed E-state index contributed by atoms with van der Waals surface area (Å²) in [5, 5.41) is 7.88. The number of para-hydroxylation sites is 1. The predicted molar refractivity (Wildman–Crippen MR) is 133 cm³/mol. The highest BCUT2D eigenvalue weighted by Crippen LogP contribution is 2.35. The highest BCUT2D eigenvalue weighted by Gasteiger charge is 2.28. The molecule has 0 saturated heterocycles. The van der Waals surface area contributed by atoms with Crippen LogP contribution in [-0.2, 0) is 16.5 Å². The second-order valence-electron chi connectivity index (χ2n) is 7.63. The Labute approximate surface area is 205 Å². The number of ether oxygens (including phenoxy) is 2. The molecule has 1 aromatic carbocycles. The van der Waals surface area contributed by atoms with Gasteiger partial charge in [-0.1, -0.05) is 18.2 Å². The fraction of sp³-hybridized carbons (Fsp3) is 0.240. The van der Waals surface area contributed by atoms with Gasteiger partial charge < -0.3 is 14.8 Å². The summed E-state index contributed by atoms with van der Waals surface area (Å²) in [4.78, 5) is 43.6. The van der Waals surface area contributed by atoms with Gasteiger partial charge in [0.2, 0.25) is 0 Å². The third kappa shape index (κ3) is 4.78. The van der Waals surface area contributed by atoms with Gasteiger partial charge in [0.15, 0.2) is 0 Å². The van der Waals surface area contributed by atoms with Gasteiger partial charge >= 0.3 is 11.9 Å². The van der Waals surface area contributed by atoms with E-state index in [-0.39, 0.29) is 28.7 Å². The number of hydrogen-bond acceptors (Lipinski definition) is 8. The van der Waals surface area contributed by atoms with Crippen LogP contribution in [0.2, 0.25) is 0 Å². The van der Waals surface area contributed by atoms with E-state index < -0.39 is 17.8 Å². The maximum absolute atomic E-state index is 13.5. The first-order valence-electron chi connectivity index (χ1n) is 11.0. The highest BCUT2D eigenvalue weighted by atomic mass is 32.1. The highest BCUT2D eigenvalue weighted by molar-refractivity contribution is 7.18. The second-order valence-corrected chi connectivity index (χ2v) is 8.65. The lowest BCUT2D eigenvalue weighted by atomic mass is 10.0. The van der Waals surface area contributed by atoms with Gasteiger partial charge in [-0.2, -0.15) is 5.10 Å². The molecule has 0 unspecified atom stereocenters. The molecule has 1 N–H and O–H groups in total. The fourth-order valence-corrected chi connectivity index (χ4v) is 4.76. The predicted octanol–water partition coefficient (Wildman–Crippen LogP) is 4.61. The molecule has 1 amide bonds. The first-order valence-corrected chi connectivity index (χ1v) is 11.8. The van der Waals surface area contributed by atoms with Crippen LogP contribution in [0.5, 0.6) is 0 Å². The van der Waals surface area contributed by atoms with Crippen molar-refractivity contribution >= 4 is 45.1 Å². The van der Waals surface area contributed by atoms with Crippen molar-refractivity contribution in [3.63, 3.8) is 0 Å². The summed E-state index contributed by atoms with van der Waals surface area (Å²) in [6.07, 6.45) is 3.48. The lowest BCUT2D eigenvalue weighted by molar-refractivity contribution is 0.0527. The molecule has 4 aromatic rings. The van der Waals surface area contributed by atoms with Crippen LogP contribution in [-0.4, -0.2) is 45.8 Å². The first kappa shape index (κ1) is 24.1. The number of benzene rings is 1. The van der Waals surface area contributed by atoms with Crippen molar-refractivity contribution in [2.45, 2.75) is 20.8 Å². The molecule has 9 nitrogen and oxygen atoms in total. The number of thiophene rings is 1. The molecule has 0 fully saturated rings. The zero-order valence-electron chi connectivity index (χ0n) is 19.7. The van der Waals surface area contributed by atoms with Crippen molar-refractivity contribution in [1.29, 1.82) is 0 Å². The Morgan fingerprint density at radius 3 is 2.49 bits per heavy atom. The molecule has 0 bridgehead atoms. The van der Waals surface area contributed by atoms with E-state index in [4.69, 9.17) is 9.47 Å². The van der Waals surface area contributed by atoms with Crippen LogP contribution < -0.4 is 5.32 Å². The molecular formula is C25H24N4O5S. The van der Waals surface area contributed by atoms with Crippen molar-refractivity contribution in [1.82, 2.24) is 14.8 Å². The standard InChI is InChI=1S/C25H24N4O5S/c1-5-33-24(31)20-14(3)21(25(32)34-6-2)35-23(20)28-22(30)17-11-19(15-12-26-29(4)13-15)27-18-10-8-7-9-16(17)18/h7-13H,5-6H2,1-4H3,(H,28,30). The van der Waals surface area contributed by atoms with Crippen molar-refractivity contribution in [2.75, 3.05) is 18.5 Å². The van der Waals surface area contributed by atoms with E-state index in [0.717, 1.165) is 16.9 Å². The number of nitrogens with zero attached hydrogens (tertiary/aromatic N) is 3. The first-order chi connectivity index (χ1) is 16.8. The van der Waals surface area contributed by atoms with Gasteiger partial charge in [0.1, 0.15) is 9.88 Å².